The third-order valence-electron chi connectivity index (χ3n) is 7.45. The van der Waals surface area contributed by atoms with Crippen molar-refractivity contribution in [3.8, 4) is 0 Å². The lowest BCUT2D eigenvalue weighted by molar-refractivity contribution is -0.118. The molecule has 0 aromatic carbocycles. The van der Waals surface area contributed by atoms with Crippen LogP contribution in [0, 0.1) is 10.8 Å². The molecule has 0 aromatic rings. The van der Waals surface area contributed by atoms with Crippen LogP contribution in [0.1, 0.15) is 73.1 Å². The molecular weight excluding hydrogens is 557 g/mol. The zero-order valence-corrected chi connectivity index (χ0v) is 29.3. The molecule has 1 rings (SSSR count). The second kappa shape index (κ2) is 16.8. The Hall–Kier alpha value is -1.70. The number of carbonyl (C=O) groups is 3. The lowest BCUT2D eigenvalue weighted by Crippen LogP contribution is -2.50. The van der Waals surface area contributed by atoms with E-state index in [1.165, 1.54) is 18.9 Å². The molecule has 0 heterocycles. The van der Waals surface area contributed by atoms with Gasteiger partial charge in [0.25, 0.3) is 0 Å². The Labute approximate surface area is 251 Å². The lowest BCUT2D eigenvalue weighted by atomic mass is 9.62. The summed E-state index contributed by atoms with van der Waals surface area (Å²) in [5, 5.41) is 5.78. The van der Waals surface area contributed by atoms with Gasteiger partial charge in [-0.1, -0.05) is 47.1 Å². The summed E-state index contributed by atoms with van der Waals surface area (Å²) in [6.07, 6.45) is 4.69. The number of alkyl carbamates (subject to hydrolysis) is 2. The van der Waals surface area contributed by atoms with E-state index < -0.39 is 28.8 Å². The highest BCUT2D eigenvalue weighted by molar-refractivity contribution is 6.84. The van der Waals surface area contributed by atoms with Crippen LogP contribution in [0.25, 0.3) is 0 Å². The van der Waals surface area contributed by atoms with Gasteiger partial charge in [0.15, 0.2) is 29.0 Å². The molecular formula is C30H58N2O7Si2. The second-order valence-electron chi connectivity index (χ2n) is 14.1. The van der Waals surface area contributed by atoms with Gasteiger partial charge >= 0.3 is 12.2 Å². The van der Waals surface area contributed by atoms with E-state index in [-0.39, 0.29) is 35.9 Å². The van der Waals surface area contributed by atoms with Crippen molar-refractivity contribution in [2.75, 3.05) is 33.0 Å². The van der Waals surface area contributed by atoms with Crippen molar-refractivity contribution in [3.05, 3.63) is 12.2 Å². The number of amides is 2. The number of carbonyl (C=O) groups excluding carboxylic acids is 3. The van der Waals surface area contributed by atoms with Gasteiger partial charge in [0.2, 0.25) is 0 Å². The lowest BCUT2D eigenvalue weighted by Gasteiger charge is -2.46. The van der Waals surface area contributed by atoms with Crippen LogP contribution < -0.4 is 10.6 Å². The Morgan fingerprint density at radius 3 is 2.15 bits per heavy atom. The maximum absolute atomic E-state index is 12.5. The van der Waals surface area contributed by atoms with Crippen LogP contribution in [-0.2, 0) is 23.1 Å². The fourth-order valence-corrected chi connectivity index (χ4v) is 15.0. The molecule has 1 saturated carbocycles. The number of Topliss-reactive ketones (excluding diaryl/α,β-unsaturated/α-hetero) is 1. The molecule has 0 radical (unpaired) electrons. The van der Waals surface area contributed by atoms with Crippen molar-refractivity contribution in [2.45, 2.75) is 117 Å². The number of ether oxygens (including phenoxy) is 3. The number of unbranched alkanes of at least 4 members (excludes halogenated alkanes) is 1. The minimum Gasteiger partial charge on any atom is -0.455 e. The smallest absolute Gasteiger partial charge is 0.407 e. The van der Waals surface area contributed by atoms with Crippen molar-refractivity contribution >= 4 is 34.6 Å². The average Bonchev–Trinajstić information content (AvgIpc) is 2.82. The first kappa shape index (κ1) is 37.3. The third-order valence-corrected chi connectivity index (χ3v) is 15.0. The summed E-state index contributed by atoms with van der Waals surface area (Å²) in [4.78, 5) is 36.2. The Morgan fingerprint density at radius 1 is 0.902 bits per heavy atom. The molecule has 2 N–H and O–H groups in total. The molecule has 238 valence electrons. The van der Waals surface area contributed by atoms with Crippen LogP contribution in [0.4, 0.5) is 9.59 Å². The fraction of sp³-hybridized carbons (Fsp3) is 0.833. The predicted molar refractivity (Wildman–Crippen MR) is 169 cm³/mol. The molecule has 0 aliphatic heterocycles. The second-order valence-corrected chi connectivity index (χ2v) is 23.0. The van der Waals surface area contributed by atoms with Crippen molar-refractivity contribution in [3.63, 3.8) is 0 Å². The van der Waals surface area contributed by atoms with Gasteiger partial charge in [-0.25, -0.2) is 9.59 Å². The first-order valence-electron chi connectivity index (χ1n) is 15.2. The van der Waals surface area contributed by atoms with E-state index >= 15 is 0 Å². The van der Waals surface area contributed by atoms with E-state index in [1.807, 2.05) is 0 Å². The summed E-state index contributed by atoms with van der Waals surface area (Å²) in [6.45, 7) is 24.3. The van der Waals surface area contributed by atoms with E-state index in [0.29, 0.717) is 31.8 Å². The molecule has 0 spiro atoms. The van der Waals surface area contributed by atoms with Gasteiger partial charge in [-0.05, 0) is 87.3 Å². The summed E-state index contributed by atoms with van der Waals surface area (Å²) < 4.78 is 22.8. The molecule has 1 fully saturated rings. The molecule has 11 heteroatoms. The number of nitrogens with one attached hydrogen (secondary N) is 2. The Bertz CT molecular complexity index is 879. The third kappa shape index (κ3) is 16.5. The van der Waals surface area contributed by atoms with Gasteiger partial charge in [-0.2, -0.15) is 0 Å². The quantitative estimate of drug-likeness (QED) is 0.0992. The summed E-state index contributed by atoms with van der Waals surface area (Å²) >= 11 is 0. The van der Waals surface area contributed by atoms with E-state index in [0.717, 1.165) is 25.3 Å². The average molecular weight is 615 g/mol. The van der Waals surface area contributed by atoms with E-state index in [2.05, 4.69) is 71.1 Å². The largest absolute Gasteiger partial charge is 0.455 e. The standard InChI is InChI=1S/C30H58N2O7Si2/c1-11-12-17-40(7,8)39-41(9,10)18-13-14-36-15-16-37-28(35)32-25-19-29(4,5)22-30(6,20-25)23-31-27(34)38-21-26(33)24(2)3/h25H,2,11-23H2,1,3-10H3,(H,31,34)(H,32,35). The minimum absolute atomic E-state index is 0.0376. The van der Waals surface area contributed by atoms with E-state index in [4.69, 9.17) is 18.3 Å². The molecule has 1 aliphatic carbocycles. The monoisotopic (exact) mass is 614 g/mol. The van der Waals surface area contributed by atoms with Gasteiger partial charge in [-0.15, -0.1) is 0 Å². The first-order chi connectivity index (χ1) is 18.9. The van der Waals surface area contributed by atoms with Crippen LogP contribution in [0.2, 0.25) is 38.3 Å². The highest BCUT2D eigenvalue weighted by Gasteiger charge is 2.42. The summed E-state index contributed by atoms with van der Waals surface area (Å²) in [5.74, 6) is -0.308. The van der Waals surface area contributed by atoms with Crippen molar-refractivity contribution < 1.29 is 32.7 Å². The number of ketones is 1. The van der Waals surface area contributed by atoms with Gasteiger partial charge < -0.3 is 29.0 Å². The SMILES string of the molecule is C=C(C)C(=O)COC(=O)NCC1(C)CC(NC(=O)OCCOCCC[Si](C)(C)O[Si](C)(C)CCCC)CC(C)(C)C1. The Kier molecular flexibility index (Phi) is 15.3. The van der Waals surface area contributed by atoms with Gasteiger partial charge in [0.1, 0.15) is 6.61 Å². The summed E-state index contributed by atoms with van der Waals surface area (Å²) in [5.41, 5.74) is 0.0550. The predicted octanol–water partition coefficient (Wildman–Crippen LogP) is 6.80. The zero-order valence-electron chi connectivity index (χ0n) is 27.3. The molecule has 0 saturated heterocycles. The number of hydrogen-bond acceptors (Lipinski definition) is 7. The topological polar surface area (TPSA) is 112 Å². The summed E-state index contributed by atoms with van der Waals surface area (Å²) in [6, 6.07) is 2.20. The molecule has 9 nitrogen and oxygen atoms in total. The van der Waals surface area contributed by atoms with Crippen LogP contribution >= 0.6 is 0 Å². The Balaban J connectivity index is 2.36. The van der Waals surface area contributed by atoms with Crippen molar-refractivity contribution in [1.29, 1.82) is 0 Å². The highest BCUT2D eigenvalue weighted by Crippen LogP contribution is 2.45. The van der Waals surface area contributed by atoms with Crippen molar-refractivity contribution in [1.82, 2.24) is 10.6 Å². The fourth-order valence-electron chi connectivity index (χ4n) is 6.02. The van der Waals surface area contributed by atoms with E-state index in [9.17, 15) is 14.4 Å². The van der Waals surface area contributed by atoms with Gasteiger partial charge in [0, 0.05) is 19.2 Å². The molecule has 2 unspecified atom stereocenters. The van der Waals surface area contributed by atoms with Gasteiger partial charge in [-0.3, -0.25) is 4.79 Å². The maximum Gasteiger partial charge on any atom is 0.407 e. The zero-order chi connectivity index (χ0) is 31.3. The minimum atomic E-state index is -1.71. The van der Waals surface area contributed by atoms with Crippen LogP contribution in [-0.4, -0.2) is 73.6 Å². The van der Waals surface area contributed by atoms with Crippen molar-refractivity contribution in [2.24, 2.45) is 10.8 Å². The molecule has 0 bridgehead atoms. The van der Waals surface area contributed by atoms with Crippen LogP contribution in [0.5, 0.6) is 0 Å². The molecule has 1 aliphatic rings. The molecule has 0 aromatic heterocycles. The maximum atomic E-state index is 12.5. The van der Waals surface area contributed by atoms with Gasteiger partial charge in [0.05, 0.1) is 6.61 Å². The Morgan fingerprint density at radius 2 is 1.54 bits per heavy atom. The normalized spacial score (nSPS) is 20.7. The van der Waals surface area contributed by atoms with E-state index in [1.54, 1.807) is 6.92 Å². The molecule has 2 amide bonds. The number of hydrogen-bond donors (Lipinski definition) is 2. The number of rotatable bonds is 18. The summed E-state index contributed by atoms with van der Waals surface area (Å²) in [7, 11) is -3.30. The first-order valence-corrected chi connectivity index (χ1v) is 21.4. The van der Waals surface area contributed by atoms with Crippen LogP contribution in [0.15, 0.2) is 12.2 Å². The molecule has 2 atom stereocenters. The highest BCUT2D eigenvalue weighted by atomic mass is 28.4. The molecule has 41 heavy (non-hydrogen) atoms. The van der Waals surface area contributed by atoms with Crippen LogP contribution in [0.3, 0.4) is 0 Å².